The first-order chi connectivity index (χ1) is 14.0. The SMILES string of the molecule is Cc1ccc(C)c(-n2nc(-c3ccccc3Cl)cc2C(=O)NCc2ccco2)c1. The first-order valence-electron chi connectivity index (χ1n) is 9.26. The van der Waals surface area contributed by atoms with Gasteiger partial charge in [-0.1, -0.05) is 41.9 Å². The Morgan fingerprint density at radius 2 is 1.93 bits per heavy atom. The summed E-state index contributed by atoms with van der Waals surface area (Å²) in [4.78, 5) is 13.0. The Bertz CT molecular complexity index is 1160. The van der Waals surface area contributed by atoms with Crippen molar-refractivity contribution < 1.29 is 9.21 Å². The van der Waals surface area contributed by atoms with Gasteiger partial charge in [-0.05, 0) is 55.3 Å². The van der Waals surface area contributed by atoms with Gasteiger partial charge in [-0.3, -0.25) is 4.79 Å². The lowest BCUT2D eigenvalue weighted by Crippen LogP contribution is -2.25. The molecule has 146 valence electrons. The maximum absolute atomic E-state index is 13.0. The first kappa shape index (κ1) is 19.0. The molecule has 2 aromatic carbocycles. The normalized spacial score (nSPS) is 10.9. The van der Waals surface area contributed by atoms with Crippen molar-refractivity contribution in [2.24, 2.45) is 0 Å². The molecule has 0 aliphatic carbocycles. The van der Waals surface area contributed by atoms with Crippen LogP contribution in [0.3, 0.4) is 0 Å². The molecule has 0 aliphatic heterocycles. The number of benzene rings is 2. The summed E-state index contributed by atoms with van der Waals surface area (Å²) < 4.78 is 6.98. The van der Waals surface area contributed by atoms with E-state index in [1.807, 2.05) is 62.4 Å². The third kappa shape index (κ3) is 3.96. The molecule has 0 saturated heterocycles. The van der Waals surface area contributed by atoms with E-state index in [4.69, 9.17) is 21.1 Å². The molecule has 2 aromatic heterocycles. The summed E-state index contributed by atoms with van der Waals surface area (Å²) in [6.07, 6.45) is 1.58. The number of amides is 1. The van der Waals surface area contributed by atoms with Crippen molar-refractivity contribution in [2.45, 2.75) is 20.4 Å². The summed E-state index contributed by atoms with van der Waals surface area (Å²) in [7, 11) is 0. The Hall–Kier alpha value is -3.31. The number of nitrogens with one attached hydrogen (secondary N) is 1. The lowest BCUT2D eigenvalue weighted by molar-refractivity contribution is 0.0940. The van der Waals surface area contributed by atoms with Crippen LogP contribution in [0.4, 0.5) is 0 Å². The molecular formula is C23H20ClN3O2. The molecule has 0 radical (unpaired) electrons. The van der Waals surface area contributed by atoms with E-state index in [1.165, 1.54) is 0 Å². The van der Waals surface area contributed by atoms with Crippen LogP contribution in [0.5, 0.6) is 0 Å². The van der Waals surface area contributed by atoms with Crippen LogP contribution < -0.4 is 5.32 Å². The highest BCUT2D eigenvalue weighted by molar-refractivity contribution is 6.33. The van der Waals surface area contributed by atoms with Crippen molar-refractivity contribution in [3.63, 3.8) is 0 Å². The number of halogens is 1. The Kier molecular flexibility index (Phi) is 5.23. The van der Waals surface area contributed by atoms with Gasteiger partial charge in [-0.2, -0.15) is 5.10 Å². The molecule has 1 amide bonds. The van der Waals surface area contributed by atoms with E-state index in [0.29, 0.717) is 28.7 Å². The number of rotatable bonds is 5. The number of carbonyl (C=O) groups excluding carboxylic acids is 1. The van der Waals surface area contributed by atoms with E-state index in [9.17, 15) is 4.79 Å². The second kappa shape index (κ2) is 7.97. The van der Waals surface area contributed by atoms with Crippen LogP contribution in [0.15, 0.2) is 71.3 Å². The molecule has 6 heteroatoms. The van der Waals surface area contributed by atoms with E-state index < -0.39 is 0 Å². The van der Waals surface area contributed by atoms with Gasteiger partial charge < -0.3 is 9.73 Å². The standard InChI is InChI=1S/C23H20ClN3O2/c1-15-9-10-16(2)21(12-15)27-22(23(28)25-14-17-6-5-11-29-17)13-20(26-27)18-7-3-4-8-19(18)24/h3-13H,14H2,1-2H3,(H,25,28). The van der Waals surface area contributed by atoms with Crippen LogP contribution in [0.1, 0.15) is 27.4 Å². The number of hydrogen-bond acceptors (Lipinski definition) is 3. The van der Waals surface area contributed by atoms with Gasteiger partial charge in [0.05, 0.1) is 29.2 Å². The van der Waals surface area contributed by atoms with Gasteiger partial charge in [0.25, 0.3) is 5.91 Å². The van der Waals surface area contributed by atoms with Crippen molar-refractivity contribution >= 4 is 17.5 Å². The second-order valence-corrected chi connectivity index (χ2v) is 7.27. The molecule has 0 saturated carbocycles. The minimum Gasteiger partial charge on any atom is -0.467 e. The maximum Gasteiger partial charge on any atom is 0.270 e. The largest absolute Gasteiger partial charge is 0.467 e. The second-order valence-electron chi connectivity index (χ2n) is 6.86. The quantitative estimate of drug-likeness (QED) is 0.488. The van der Waals surface area contributed by atoms with Crippen molar-refractivity contribution in [2.75, 3.05) is 0 Å². The summed E-state index contributed by atoms with van der Waals surface area (Å²) in [5.41, 5.74) is 4.80. The summed E-state index contributed by atoms with van der Waals surface area (Å²) in [5, 5.41) is 8.21. The Morgan fingerprint density at radius 1 is 1.10 bits per heavy atom. The Balaban J connectivity index is 1.78. The summed E-state index contributed by atoms with van der Waals surface area (Å²) in [6, 6.07) is 18.9. The number of carbonyl (C=O) groups is 1. The van der Waals surface area contributed by atoms with E-state index in [-0.39, 0.29) is 5.91 Å². The third-order valence-corrected chi connectivity index (χ3v) is 5.02. The average molecular weight is 406 g/mol. The summed E-state index contributed by atoms with van der Waals surface area (Å²) in [6.45, 7) is 4.31. The zero-order valence-electron chi connectivity index (χ0n) is 16.1. The van der Waals surface area contributed by atoms with Gasteiger partial charge in [0.2, 0.25) is 0 Å². The van der Waals surface area contributed by atoms with E-state index >= 15 is 0 Å². The van der Waals surface area contributed by atoms with Crippen molar-refractivity contribution in [3.05, 3.63) is 94.5 Å². The predicted molar refractivity (Wildman–Crippen MR) is 113 cm³/mol. The average Bonchev–Trinajstić information content (AvgIpc) is 3.38. The fourth-order valence-corrected chi connectivity index (χ4v) is 3.38. The zero-order chi connectivity index (χ0) is 20.4. The molecule has 1 N–H and O–H groups in total. The molecule has 0 aliphatic rings. The predicted octanol–water partition coefficient (Wildman–Crippen LogP) is 5.33. The molecule has 0 atom stereocenters. The van der Waals surface area contributed by atoms with Crippen molar-refractivity contribution in [1.29, 1.82) is 0 Å². The fourth-order valence-electron chi connectivity index (χ4n) is 3.15. The van der Waals surface area contributed by atoms with Crippen LogP contribution in [-0.2, 0) is 6.54 Å². The van der Waals surface area contributed by atoms with Crippen LogP contribution in [0.25, 0.3) is 16.9 Å². The molecule has 2 heterocycles. The maximum atomic E-state index is 13.0. The molecule has 4 aromatic rings. The van der Waals surface area contributed by atoms with Crippen LogP contribution >= 0.6 is 11.6 Å². The van der Waals surface area contributed by atoms with Crippen molar-refractivity contribution in [1.82, 2.24) is 15.1 Å². The van der Waals surface area contributed by atoms with Gasteiger partial charge in [0.15, 0.2) is 0 Å². The molecule has 29 heavy (non-hydrogen) atoms. The Morgan fingerprint density at radius 3 is 2.69 bits per heavy atom. The van der Waals surface area contributed by atoms with E-state index in [1.54, 1.807) is 23.1 Å². The van der Waals surface area contributed by atoms with Crippen molar-refractivity contribution in [3.8, 4) is 16.9 Å². The van der Waals surface area contributed by atoms with Gasteiger partial charge in [-0.25, -0.2) is 4.68 Å². The van der Waals surface area contributed by atoms with Crippen LogP contribution in [0.2, 0.25) is 5.02 Å². The lowest BCUT2D eigenvalue weighted by Gasteiger charge is -2.11. The number of furan rings is 1. The van der Waals surface area contributed by atoms with Gasteiger partial charge >= 0.3 is 0 Å². The molecule has 0 spiro atoms. The monoisotopic (exact) mass is 405 g/mol. The van der Waals surface area contributed by atoms with Gasteiger partial charge in [-0.15, -0.1) is 0 Å². The fraction of sp³-hybridized carbons (Fsp3) is 0.130. The molecule has 5 nitrogen and oxygen atoms in total. The van der Waals surface area contributed by atoms with E-state index in [2.05, 4.69) is 5.32 Å². The highest BCUT2D eigenvalue weighted by Crippen LogP contribution is 2.29. The molecule has 0 fully saturated rings. The minimum absolute atomic E-state index is 0.242. The number of nitrogens with zero attached hydrogens (tertiary/aromatic N) is 2. The molecule has 0 bridgehead atoms. The summed E-state index contributed by atoms with van der Waals surface area (Å²) >= 11 is 6.37. The number of aromatic nitrogens is 2. The summed E-state index contributed by atoms with van der Waals surface area (Å²) in [5.74, 6) is 0.440. The zero-order valence-corrected chi connectivity index (χ0v) is 16.9. The third-order valence-electron chi connectivity index (χ3n) is 4.69. The number of aryl methyl sites for hydroxylation is 2. The van der Waals surface area contributed by atoms with E-state index in [0.717, 1.165) is 22.4 Å². The minimum atomic E-state index is -0.242. The lowest BCUT2D eigenvalue weighted by atomic mass is 10.1. The van der Waals surface area contributed by atoms with Crippen LogP contribution in [-0.4, -0.2) is 15.7 Å². The topological polar surface area (TPSA) is 60.1 Å². The smallest absolute Gasteiger partial charge is 0.270 e. The van der Waals surface area contributed by atoms with Crippen LogP contribution in [0, 0.1) is 13.8 Å². The van der Waals surface area contributed by atoms with Gasteiger partial charge in [0, 0.05) is 5.56 Å². The van der Waals surface area contributed by atoms with Gasteiger partial charge in [0.1, 0.15) is 11.5 Å². The Labute approximate surface area is 173 Å². The first-order valence-corrected chi connectivity index (χ1v) is 9.64. The molecular weight excluding hydrogens is 386 g/mol. The highest BCUT2D eigenvalue weighted by atomic mass is 35.5. The highest BCUT2D eigenvalue weighted by Gasteiger charge is 2.20. The molecule has 4 rings (SSSR count). The molecule has 0 unspecified atom stereocenters. The number of hydrogen-bond donors (Lipinski definition) is 1.